The Labute approximate surface area is 110 Å². The van der Waals surface area contributed by atoms with E-state index in [0.29, 0.717) is 5.92 Å². The highest BCUT2D eigenvalue weighted by Gasteiger charge is 2.58. The molecule has 3 nitrogen and oxygen atoms in total. The molecule has 2 aliphatic rings. The lowest BCUT2D eigenvalue weighted by atomic mass is 9.55. The van der Waals surface area contributed by atoms with Gasteiger partial charge in [0.2, 0.25) is 0 Å². The van der Waals surface area contributed by atoms with E-state index in [2.05, 4.69) is 13.8 Å². The first-order valence-electron chi connectivity index (χ1n) is 7.21. The molecule has 3 heteroatoms. The summed E-state index contributed by atoms with van der Waals surface area (Å²) in [5.74, 6) is 0.809. The van der Waals surface area contributed by atoms with Crippen LogP contribution in [0, 0.1) is 23.2 Å². The summed E-state index contributed by atoms with van der Waals surface area (Å²) in [5, 5.41) is 30.3. The zero-order chi connectivity index (χ0) is 13.8. The maximum atomic E-state index is 10.5. The predicted octanol–water partition coefficient (Wildman–Crippen LogP) is 1.94. The quantitative estimate of drug-likeness (QED) is 0.707. The summed E-state index contributed by atoms with van der Waals surface area (Å²) in [6, 6.07) is 0. The van der Waals surface area contributed by atoms with Gasteiger partial charge in [0.15, 0.2) is 0 Å². The van der Waals surface area contributed by atoms with Crippen LogP contribution >= 0.6 is 0 Å². The van der Waals surface area contributed by atoms with E-state index in [4.69, 9.17) is 0 Å². The Bertz CT molecular complexity index is 324. The summed E-state index contributed by atoms with van der Waals surface area (Å²) in [5.41, 5.74) is -1.48. The molecule has 0 spiro atoms. The topological polar surface area (TPSA) is 60.7 Å². The molecule has 0 aliphatic heterocycles. The van der Waals surface area contributed by atoms with Gasteiger partial charge in [0, 0.05) is 0 Å². The molecule has 106 valence electrons. The molecule has 0 heterocycles. The molecule has 0 radical (unpaired) electrons. The zero-order valence-electron chi connectivity index (χ0n) is 12.1. The Morgan fingerprint density at radius 1 is 1.22 bits per heavy atom. The third-order valence-electron chi connectivity index (χ3n) is 6.33. The molecular weight excluding hydrogens is 228 g/mol. The highest BCUT2D eigenvalue weighted by Crippen LogP contribution is 2.61. The van der Waals surface area contributed by atoms with Crippen LogP contribution in [0.2, 0.25) is 0 Å². The third-order valence-corrected chi connectivity index (χ3v) is 6.33. The zero-order valence-corrected chi connectivity index (χ0v) is 12.1. The van der Waals surface area contributed by atoms with Crippen LogP contribution in [0.5, 0.6) is 0 Å². The van der Waals surface area contributed by atoms with Crippen molar-refractivity contribution < 1.29 is 15.3 Å². The number of hydrogen-bond donors (Lipinski definition) is 3. The molecule has 6 atom stereocenters. The fourth-order valence-corrected chi connectivity index (χ4v) is 4.62. The summed E-state index contributed by atoms with van der Waals surface area (Å²) in [4.78, 5) is 0. The minimum absolute atomic E-state index is 0.0889. The van der Waals surface area contributed by atoms with E-state index in [0.717, 1.165) is 25.7 Å². The lowest BCUT2D eigenvalue weighted by Gasteiger charge is -2.52. The number of rotatable bonds is 2. The van der Waals surface area contributed by atoms with Crippen LogP contribution in [0.15, 0.2) is 0 Å². The molecule has 0 aromatic carbocycles. The van der Waals surface area contributed by atoms with Gasteiger partial charge >= 0.3 is 0 Å². The van der Waals surface area contributed by atoms with Gasteiger partial charge in [-0.3, -0.25) is 0 Å². The lowest BCUT2D eigenvalue weighted by molar-refractivity contribution is -0.133. The first-order chi connectivity index (χ1) is 8.15. The average molecular weight is 256 g/mol. The maximum absolute atomic E-state index is 10.5. The number of hydrogen-bond acceptors (Lipinski definition) is 3. The first-order valence-corrected chi connectivity index (χ1v) is 7.21. The van der Waals surface area contributed by atoms with Crippen molar-refractivity contribution in [3.8, 4) is 0 Å². The van der Waals surface area contributed by atoms with Crippen molar-refractivity contribution in [3.05, 3.63) is 0 Å². The monoisotopic (exact) mass is 256 g/mol. The second-order valence-corrected chi connectivity index (χ2v) is 7.39. The van der Waals surface area contributed by atoms with Crippen LogP contribution in [-0.4, -0.2) is 33.1 Å². The van der Waals surface area contributed by atoms with Gasteiger partial charge < -0.3 is 15.3 Å². The standard InChI is InChI=1S/C15H28O3/c1-10-13(2)7-5-12(15(4,18)9-16)11(13)6-8-14(10,3)17/h10-12,16-18H,5-9H2,1-4H3/t10-,11-,12-,13+,14+,15+/m0/s1. The second-order valence-electron chi connectivity index (χ2n) is 7.39. The highest BCUT2D eigenvalue weighted by atomic mass is 16.3. The highest BCUT2D eigenvalue weighted by molar-refractivity contribution is 5.08. The molecular formula is C15H28O3. The summed E-state index contributed by atoms with van der Waals surface area (Å²) in [6.45, 7) is 7.91. The molecule has 0 aromatic heterocycles. The molecule has 0 unspecified atom stereocenters. The van der Waals surface area contributed by atoms with Crippen LogP contribution in [-0.2, 0) is 0 Å². The summed E-state index contributed by atoms with van der Waals surface area (Å²) in [6.07, 6.45) is 3.74. The minimum Gasteiger partial charge on any atom is -0.393 e. The van der Waals surface area contributed by atoms with Crippen molar-refractivity contribution in [1.82, 2.24) is 0 Å². The van der Waals surface area contributed by atoms with Crippen molar-refractivity contribution in [3.63, 3.8) is 0 Å². The maximum Gasteiger partial charge on any atom is 0.0880 e. The van der Waals surface area contributed by atoms with Crippen molar-refractivity contribution in [2.45, 2.75) is 64.6 Å². The third kappa shape index (κ3) is 1.91. The molecule has 2 fully saturated rings. The number of aliphatic hydroxyl groups is 3. The van der Waals surface area contributed by atoms with E-state index < -0.39 is 11.2 Å². The van der Waals surface area contributed by atoms with Crippen molar-refractivity contribution in [2.24, 2.45) is 23.2 Å². The molecule has 0 aromatic rings. The summed E-state index contributed by atoms with van der Waals surface area (Å²) < 4.78 is 0. The van der Waals surface area contributed by atoms with Gasteiger partial charge in [0.1, 0.15) is 0 Å². The largest absolute Gasteiger partial charge is 0.393 e. The first kappa shape index (κ1) is 14.3. The van der Waals surface area contributed by atoms with Gasteiger partial charge in [-0.05, 0) is 62.7 Å². The smallest absolute Gasteiger partial charge is 0.0880 e. The Kier molecular flexibility index (Phi) is 3.33. The number of aliphatic hydroxyl groups excluding tert-OH is 1. The summed E-state index contributed by atoms with van der Waals surface area (Å²) in [7, 11) is 0. The molecule has 2 saturated carbocycles. The Morgan fingerprint density at radius 2 is 1.83 bits per heavy atom. The van der Waals surface area contributed by atoms with E-state index in [1.807, 2.05) is 6.92 Å². The molecule has 18 heavy (non-hydrogen) atoms. The van der Waals surface area contributed by atoms with Crippen LogP contribution in [0.4, 0.5) is 0 Å². The molecule has 2 rings (SSSR count). The van der Waals surface area contributed by atoms with Crippen molar-refractivity contribution >= 4 is 0 Å². The van der Waals surface area contributed by atoms with E-state index in [-0.39, 0.29) is 23.9 Å². The Morgan fingerprint density at radius 3 is 2.39 bits per heavy atom. The molecule has 0 amide bonds. The van der Waals surface area contributed by atoms with Gasteiger partial charge in [-0.15, -0.1) is 0 Å². The van der Waals surface area contributed by atoms with Crippen LogP contribution < -0.4 is 0 Å². The normalized spacial score (nSPS) is 51.8. The lowest BCUT2D eigenvalue weighted by Crippen LogP contribution is -2.52. The minimum atomic E-state index is -0.981. The average Bonchev–Trinajstić information content (AvgIpc) is 2.64. The van der Waals surface area contributed by atoms with Gasteiger partial charge in [0.25, 0.3) is 0 Å². The number of fused-ring (bicyclic) bond motifs is 1. The molecule has 3 N–H and O–H groups in total. The molecule has 0 bridgehead atoms. The van der Waals surface area contributed by atoms with Gasteiger partial charge in [-0.2, -0.15) is 0 Å². The van der Waals surface area contributed by atoms with Gasteiger partial charge in [-0.1, -0.05) is 13.8 Å². The Hall–Kier alpha value is -0.120. The van der Waals surface area contributed by atoms with E-state index in [1.54, 1.807) is 6.92 Å². The van der Waals surface area contributed by atoms with Gasteiger partial charge in [-0.25, -0.2) is 0 Å². The van der Waals surface area contributed by atoms with Crippen molar-refractivity contribution in [2.75, 3.05) is 6.61 Å². The van der Waals surface area contributed by atoms with E-state index in [9.17, 15) is 15.3 Å². The SMILES string of the molecule is C[C@H]1[C@@]2(C)CC[C@H]([C@](C)(O)CO)[C@@H]2CC[C@@]1(C)O. The molecule has 0 saturated heterocycles. The van der Waals surface area contributed by atoms with Crippen molar-refractivity contribution in [1.29, 1.82) is 0 Å². The fraction of sp³-hybridized carbons (Fsp3) is 1.00. The fourth-order valence-electron chi connectivity index (χ4n) is 4.62. The van der Waals surface area contributed by atoms with Crippen LogP contribution in [0.3, 0.4) is 0 Å². The van der Waals surface area contributed by atoms with Crippen LogP contribution in [0.1, 0.15) is 53.4 Å². The van der Waals surface area contributed by atoms with E-state index >= 15 is 0 Å². The second kappa shape index (κ2) is 4.19. The Balaban J connectivity index is 2.28. The van der Waals surface area contributed by atoms with Crippen LogP contribution in [0.25, 0.3) is 0 Å². The summed E-state index contributed by atoms with van der Waals surface area (Å²) >= 11 is 0. The van der Waals surface area contributed by atoms with Gasteiger partial charge in [0.05, 0.1) is 17.8 Å². The molecule has 2 aliphatic carbocycles. The predicted molar refractivity (Wildman–Crippen MR) is 71.1 cm³/mol. The van der Waals surface area contributed by atoms with E-state index in [1.165, 1.54) is 0 Å².